The van der Waals surface area contributed by atoms with Gasteiger partial charge in [-0.1, -0.05) is 18.2 Å². The zero-order chi connectivity index (χ0) is 12.5. The molecule has 0 radical (unpaired) electrons. The number of rotatable bonds is 2. The second kappa shape index (κ2) is 4.46. The minimum absolute atomic E-state index is 0.403. The van der Waals surface area contributed by atoms with Gasteiger partial charge >= 0.3 is 5.97 Å². The number of furan rings is 1. The van der Waals surface area contributed by atoms with Crippen LogP contribution in [0.3, 0.4) is 0 Å². The lowest BCUT2D eigenvalue weighted by molar-refractivity contribution is -0.151. The van der Waals surface area contributed by atoms with Crippen LogP contribution < -0.4 is 0 Å². The summed E-state index contributed by atoms with van der Waals surface area (Å²) in [5.74, 6) is -1.29. The summed E-state index contributed by atoms with van der Waals surface area (Å²) in [6.45, 7) is 0.605. The maximum atomic E-state index is 11.3. The third kappa shape index (κ3) is 1.78. The van der Waals surface area contributed by atoms with Gasteiger partial charge in [0.15, 0.2) is 0 Å². The van der Waals surface area contributed by atoms with E-state index in [1.807, 2.05) is 24.3 Å². The predicted octanol–water partition coefficient (Wildman–Crippen LogP) is 2.99. The highest BCUT2D eigenvalue weighted by Crippen LogP contribution is 2.38. The summed E-state index contributed by atoms with van der Waals surface area (Å²) in [6.07, 6.45) is 2.67. The van der Waals surface area contributed by atoms with Gasteiger partial charge < -0.3 is 14.3 Å². The summed E-state index contributed by atoms with van der Waals surface area (Å²) < 4.78 is 11.1. The third-order valence-corrected chi connectivity index (χ3v) is 3.46. The lowest BCUT2D eigenvalue weighted by atomic mass is 9.89. The average molecular weight is 246 g/mol. The van der Waals surface area contributed by atoms with Gasteiger partial charge in [-0.15, -0.1) is 0 Å². The molecule has 4 nitrogen and oxygen atoms in total. The zero-order valence-electron chi connectivity index (χ0n) is 9.83. The largest absolute Gasteiger partial charge is 0.481 e. The van der Waals surface area contributed by atoms with Crippen LogP contribution in [0.2, 0.25) is 0 Å². The van der Waals surface area contributed by atoms with Crippen molar-refractivity contribution < 1.29 is 19.1 Å². The smallest absolute Gasteiger partial charge is 0.309 e. The number of carboxylic acids is 1. The SMILES string of the molecule is O=C(O)C1CCCOC1c1coc2ccccc12. The summed E-state index contributed by atoms with van der Waals surface area (Å²) in [4.78, 5) is 11.3. The van der Waals surface area contributed by atoms with Crippen LogP contribution in [-0.2, 0) is 9.53 Å². The Kier molecular flexibility index (Phi) is 2.80. The molecule has 1 aromatic carbocycles. The fourth-order valence-corrected chi connectivity index (χ4v) is 2.56. The number of hydrogen-bond donors (Lipinski definition) is 1. The molecular weight excluding hydrogens is 232 g/mol. The van der Waals surface area contributed by atoms with Gasteiger partial charge in [-0.3, -0.25) is 4.79 Å². The van der Waals surface area contributed by atoms with Gasteiger partial charge in [0.1, 0.15) is 5.58 Å². The van der Waals surface area contributed by atoms with Crippen molar-refractivity contribution in [3.8, 4) is 0 Å². The zero-order valence-corrected chi connectivity index (χ0v) is 9.83. The normalized spacial score (nSPS) is 24.2. The van der Waals surface area contributed by atoms with Crippen LogP contribution in [0.25, 0.3) is 11.0 Å². The quantitative estimate of drug-likeness (QED) is 0.884. The van der Waals surface area contributed by atoms with E-state index in [1.54, 1.807) is 6.26 Å². The highest BCUT2D eigenvalue weighted by Gasteiger charge is 2.34. The van der Waals surface area contributed by atoms with Crippen molar-refractivity contribution in [2.24, 2.45) is 5.92 Å². The lowest BCUT2D eigenvalue weighted by Gasteiger charge is -2.28. The van der Waals surface area contributed by atoms with Crippen molar-refractivity contribution in [1.29, 1.82) is 0 Å². The molecule has 0 saturated carbocycles. The summed E-state index contributed by atoms with van der Waals surface area (Å²) in [7, 11) is 0. The number of carboxylic acid groups (broad SMARTS) is 1. The molecule has 0 spiro atoms. The molecule has 1 aromatic heterocycles. The van der Waals surface area contributed by atoms with Crippen molar-refractivity contribution in [3.05, 3.63) is 36.1 Å². The van der Waals surface area contributed by atoms with E-state index in [1.165, 1.54) is 0 Å². The Balaban J connectivity index is 2.04. The number of ether oxygens (including phenoxy) is 1. The molecule has 4 heteroatoms. The maximum absolute atomic E-state index is 11.3. The molecule has 1 N–H and O–H groups in total. The Bertz CT molecular complexity index is 572. The predicted molar refractivity (Wildman–Crippen MR) is 65.3 cm³/mol. The van der Waals surface area contributed by atoms with Crippen LogP contribution in [0.15, 0.2) is 34.9 Å². The van der Waals surface area contributed by atoms with Crippen LogP contribution in [0.5, 0.6) is 0 Å². The van der Waals surface area contributed by atoms with Crippen LogP contribution in [0, 0.1) is 5.92 Å². The standard InChI is InChI=1S/C14H14O4/c15-14(16)10-5-3-7-17-13(10)11-8-18-12-6-2-1-4-9(11)12/h1-2,4,6,8,10,13H,3,5,7H2,(H,15,16). The minimum atomic E-state index is -0.801. The van der Waals surface area contributed by atoms with E-state index in [-0.39, 0.29) is 0 Å². The number of carbonyl (C=O) groups is 1. The number of fused-ring (bicyclic) bond motifs is 1. The van der Waals surface area contributed by atoms with Crippen LogP contribution in [0.1, 0.15) is 24.5 Å². The topological polar surface area (TPSA) is 59.7 Å². The van der Waals surface area contributed by atoms with Crippen molar-refractivity contribution in [1.82, 2.24) is 0 Å². The van der Waals surface area contributed by atoms with Crippen LogP contribution >= 0.6 is 0 Å². The highest BCUT2D eigenvalue weighted by molar-refractivity contribution is 5.82. The second-order valence-corrected chi connectivity index (χ2v) is 4.57. The molecule has 1 saturated heterocycles. The molecule has 2 aromatic rings. The Hall–Kier alpha value is -1.81. The first-order valence-electron chi connectivity index (χ1n) is 6.08. The summed E-state index contributed by atoms with van der Waals surface area (Å²) >= 11 is 0. The van der Waals surface area contributed by atoms with Gasteiger partial charge in [0.2, 0.25) is 0 Å². The Morgan fingerprint density at radius 3 is 3.00 bits per heavy atom. The van der Waals surface area contributed by atoms with Gasteiger partial charge in [-0.05, 0) is 18.9 Å². The van der Waals surface area contributed by atoms with Crippen molar-refractivity contribution >= 4 is 16.9 Å². The van der Waals surface area contributed by atoms with Gasteiger partial charge in [-0.2, -0.15) is 0 Å². The second-order valence-electron chi connectivity index (χ2n) is 4.57. The van der Waals surface area contributed by atoms with Crippen molar-refractivity contribution in [3.63, 3.8) is 0 Å². The Labute approximate surface area is 104 Å². The Morgan fingerprint density at radius 2 is 2.17 bits per heavy atom. The monoisotopic (exact) mass is 246 g/mol. The molecule has 0 amide bonds. The van der Waals surface area contributed by atoms with Crippen LogP contribution in [-0.4, -0.2) is 17.7 Å². The molecule has 2 unspecified atom stereocenters. The molecule has 94 valence electrons. The summed E-state index contributed by atoms with van der Waals surface area (Å²) in [5.41, 5.74) is 1.61. The van der Waals surface area contributed by atoms with Crippen molar-refractivity contribution in [2.75, 3.05) is 6.61 Å². The fraction of sp³-hybridized carbons (Fsp3) is 0.357. The van der Waals surface area contributed by atoms with Crippen LogP contribution in [0.4, 0.5) is 0 Å². The van der Waals surface area contributed by atoms with Gasteiger partial charge in [0.05, 0.1) is 18.3 Å². The molecule has 18 heavy (non-hydrogen) atoms. The Morgan fingerprint density at radius 1 is 1.33 bits per heavy atom. The van der Waals surface area contributed by atoms with Crippen molar-refractivity contribution in [2.45, 2.75) is 18.9 Å². The first-order valence-corrected chi connectivity index (χ1v) is 6.08. The highest BCUT2D eigenvalue weighted by atomic mass is 16.5. The van der Waals surface area contributed by atoms with E-state index in [0.29, 0.717) is 13.0 Å². The van der Waals surface area contributed by atoms with E-state index < -0.39 is 18.0 Å². The molecule has 2 atom stereocenters. The van der Waals surface area contributed by atoms with E-state index >= 15 is 0 Å². The maximum Gasteiger partial charge on any atom is 0.309 e. The van der Waals surface area contributed by atoms with E-state index in [0.717, 1.165) is 23.0 Å². The molecule has 1 fully saturated rings. The molecule has 3 rings (SSSR count). The molecular formula is C14H14O4. The molecule has 2 heterocycles. The summed E-state index contributed by atoms with van der Waals surface area (Å²) in [5, 5.41) is 10.2. The fourth-order valence-electron chi connectivity index (χ4n) is 2.56. The molecule has 1 aliphatic heterocycles. The van der Waals surface area contributed by atoms with E-state index in [4.69, 9.17) is 9.15 Å². The minimum Gasteiger partial charge on any atom is -0.481 e. The number of benzene rings is 1. The summed E-state index contributed by atoms with van der Waals surface area (Å²) in [6, 6.07) is 7.62. The van der Waals surface area contributed by atoms with Gasteiger partial charge in [0, 0.05) is 17.6 Å². The average Bonchev–Trinajstić information content (AvgIpc) is 2.82. The van der Waals surface area contributed by atoms with Gasteiger partial charge in [0.25, 0.3) is 0 Å². The first kappa shape index (κ1) is 11.3. The third-order valence-electron chi connectivity index (χ3n) is 3.46. The molecule has 0 bridgehead atoms. The molecule has 0 aliphatic carbocycles. The lowest BCUT2D eigenvalue weighted by Crippen LogP contribution is -2.28. The van der Waals surface area contributed by atoms with E-state index in [9.17, 15) is 9.90 Å². The number of hydrogen-bond acceptors (Lipinski definition) is 3. The first-order chi connectivity index (χ1) is 8.77. The molecule has 1 aliphatic rings. The van der Waals surface area contributed by atoms with Gasteiger partial charge in [-0.25, -0.2) is 0 Å². The van der Waals surface area contributed by atoms with E-state index in [2.05, 4.69) is 0 Å². The number of para-hydroxylation sites is 1. The number of aliphatic carboxylic acids is 1.